The van der Waals surface area contributed by atoms with Crippen molar-refractivity contribution >= 4 is 48.1 Å². The molecule has 5 aromatic rings. The van der Waals surface area contributed by atoms with Gasteiger partial charge in [0.25, 0.3) is 0 Å². The highest BCUT2D eigenvalue weighted by atomic mass is 28.4. The maximum Gasteiger partial charge on any atom is 0.537 e. The molecule has 0 atom stereocenters. The van der Waals surface area contributed by atoms with Gasteiger partial charge in [0.05, 0.1) is 0 Å². The first kappa shape index (κ1) is 35.1. The van der Waals surface area contributed by atoms with E-state index < -0.39 is 8.80 Å². The summed E-state index contributed by atoms with van der Waals surface area (Å²) in [5.41, 5.74) is 10.6. The lowest BCUT2D eigenvalue weighted by molar-refractivity contribution is 0.0859. The van der Waals surface area contributed by atoms with E-state index in [0.29, 0.717) is 19.8 Å². The highest BCUT2D eigenvalue weighted by molar-refractivity contribution is 6.75. The second-order valence-electron chi connectivity index (χ2n) is 11.6. The molecule has 0 heterocycles. The summed E-state index contributed by atoms with van der Waals surface area (Å²) < 4.78 is 18.6. The van der Waals surface area contributed by atoms with Crippen molar-refractivity contribution in [2.45, 2.75) is 60.8 Å². The smallest absolute Gasteiger partial charge is 0.370 e. The predicted molar refractivity (Wildman–Crippen MR) is 204 cm³/mol. The van der Waals surface area contributed by atoms with Crippen LogP contribution in [0.4, 0.5) is 34.1 Å². The van der Waals surface area contributed by atoms with Gasteiger partial charge in [0.1, 0.15) is 0 Å². The van der Waals surface area contributed by atoms with Crippen molar-refractivity contribution in [2.24, 2.45) is 0 Å². The van der Waals surface area contributed by atoms with E-state index in [0.717, 1.165) is 58.6 Å². The van der Waals surface area contributed by atoms with E-state index in [4.69, 9.17) is 13.3 Å². The second kappa shape index (κ2) is 16.8. The minimum absolute atomic E-state index is 0.527. The van der Waals surface area contributed by atoms with Gasteiger partial charge in [-0.15, -0.1) is 0 Å². The largest absolute Gasteiger partial charge is 0.537 e. The summed E-state index contributed by atoms with van der Waals surface area (Å²) >= 11 is 0. The third-order valence-electron chi connectivity index (χ3n) is 8.66. The number of rotatable bonds is 16. The molecule has 250 valence electrons. The van der Waals surface area contributed by atoms with E-state index in [1.54, 1.807) is 0 Å². The molecule has 5 nitrogen and oxygen atoms in total. The summed E-state index contributed by atoms with van der Waals surface area (Å²) in [6.45, 7) is 14.1. The molecule has 0 amide bonds. The van der Waals surface area contributed by atoms with Gasteiger partial charge >= 0.3 is 8.80 Å². The second-order valence-corrected chi connectivity index (χ2v) is 14.2. The average Bonchev–Trinajstić information content (AvgIpc) is 3.14. The van der Waals surface area contributed by atoms with Gasteiger partial charge in [-0.25, -0.2) is 0 Å². The molecule has 0 unspecified atom stereocenters. The van der Waals surface area contributed by atoms with Crippen molar-refractivity contribution in [3.05, 3.63) is 138 Å². The monoisotopic (exact) mass is 658 g/mol. The van der Waals surface area contributed by atoms with Crippen LogP contribution in [0.25, 0.3) is 0 Å². The summed E-state index contributed by atoms with van der Waals surface area (Å²) in [5, 5.41) is 0.965. The molecule has 0 aliphatic heterocycles. The SMILES string of the molecule is CCO[Si](OCC)(OCC)c1ccc(N(c2ccc(CC)cc2)c2ccc(N(c3ccc(CC)cc3)c3ccc(CC)cc3)cc2)cc1. The minimum Gasteiger partial charge on any atom is -0.370 e. The molecule has 0 aliphatic rings. The molecule has 0 fully saturated rings. The molecule has 6 heteroatoms. The van der Waals surface area contributed by atoms with Gasteiger partial charge in [-0.3, -0.25) is 0 Å². The topological polar surface area (TPSA) is 34.2 Å². The number of aryl methyl sites for hydroxylation is 3. The fourth-order valence-corrected chi connectivity index (χ4v) is 8.51. The van der Waals surface area contributed by atoms with E-state index in [1.807, 2.05) is 20.8 Å². The van der Waals surface area contributed by atoms with Crippen molar-refractivity contribution < 1.29 is 13.3 Å². The molecule has 0 radical (unpaired) electrons. The zero-order valence-corrected chi connectivity index (χ0v) is 30.4. The number of hydrogen-bond donors (Lipinski definition) is 0. The van der Waals surface area contributed by atoms with E-state index in [2.05, 4.69) is 152 Å². The number of anilines is 6. The van der Waals surface area contributed by atoms with Crippen LogP contribution in [-0.4, -0.2) is 28.6 Å². The van der Waals surface area contributed by atoms with Gasteiger partial charge in [-0.2, -0.15) is 0 Å². The van der Waals surface area contributed by atoms with Crippen molar-refractivity contribution in [1.29, 1.82) is 0 Å². The Morgan fingerprint density at radius 2 is 0.583 bits per heavy atom. The Labute approximate surface area is 289 Å². The Morgan fingerprint density at radius 1 is 0.354 bits per heavy atom. The number of nitrogens with zero attached hydrogens (tertiary/aromatic N) is 2. The van der Waals surface area contributed by atoms with Crippen LogP contribution in [0, 0.1) is 0 Å². The third-order valence-corrected chi connectivity index (χ3v) is 11.7. The molecule has 5 aromatic carbocycles. The fourth-order valence-electron chi connectivity index (χ4n) is 6.05. The molecule has 0 saturated heterocycles. The summed E-state index contributed by atoms with van der Waals surface area (Å²) in [4.78, 5) is 4.63. The molecular formula is C42H50N2O3Si. The normalized spacial score (nSPS) is 11.5. The number of benzene rings is 5. The Hall–Kier alpha value is -4.20. The zero-order valence-electron chi connectivity index (χ0n) is 29.4. The molecule has 0 aliphatic carbocycles. The molecule has 0 saturated carbocycles. The van der Waals surface area contributed by atoms with Gasteiger partial charge < -0.3 is 23.1 Å². The van der Waals surface area contributed by atoms with Gasteiger partial charge in [-0.1, -0.05) is 69.3 Å². The fraction of sp³-hybridized carbons (Fsp3) is 0.286. The summed E-state index contributed by atoms with van der Waals surface area (Å²) in [7, 11) is -3.02. The Bertz CT molecular complexity index is 1620. The van der Waals surface area contributed by atoms with E-state index in [9.17, 15) is 0 Å². The van der Waals surface area contributed by atoms with E-state index >= 15 is 0 Å². The summed E-state index contributed by atoms with van der Waals surface area (Å²) in [6.07, 6.45) is 3.03. The zero-order chi connectivity index (χ0) is 33.9. The van der Waals surface area contributed by atoms with Crippen LogP contribution in [0.3, 0.4) is 0 Å². The molecule has 48 heavy (non-hydrogen) atoms. The lowest BCUT2D eigenvalue weighted by Crippen LogP contribution is -2.56. The highest BCUT2D eigenvalue weighted by Crippen LogP contribution is 2.39. The Kier molecular flexibility index (Phi) is 12.3. The lowest BCUT2D eigenvalue weighted by Gasteiger charge is -2.30. The van der Waals surface area contributed by atoms with Gasteiger partial charge in [0.15, 0.2) is 0 Å². The van der Waals surface area contributed by atoms with Crippen LogP contribution in [0.1, 0.15) is 58.2 Å². The first-order chi connectivity index (χ1) is 23.5. The molecule has 0 bridgehead atoms. The molecular weight excluding hydrogens is 609 g/mol. The van der Waals surface area contributed by atoms with Gasteiger partial charge in [-0.05, 0) is 130 Å². The van der Waals surface area contributed by atoms with Crippen molar-refractivity contribution in [2.75, 3.05) is 29.6 Å². The first-order valence-corrected chi connectivity index (χ1v) is 19.2. The van der Waals surface area contributed by atoms with Crippen molar-refractivity contribution in [1.82, 2.24) is 0 Å². The minimum atomic E-state index is -3.02. The standard InChI is InChI=1S/C42H50N2O3Si/c1-7-33-13-19-36(20-14-33)43(37-21-15-34(8-2)16-22-37)39-25-27-40(28-26-39)44(38-23-17-35(9-3)18-24-38)41-29-31-42(32-30-41)48(45-10-4,46-11-5)47-12-6/h13-32H,7-12H2,1-6H3. The number of hydrogen-bond acceptors (Lipinski definition) is 5. The summed E-state index contributed by atoms with van der Waals surface area (Å²) in [5.74, 6) is 0. The van der Waals surface area contributed by atoms with Crippen molar-refractivity contribution in [3.63, 3.8) is 0 Å². The van der Waals surface area contributed by atoms with Crippen molar-refractivity contribution in [3.8, 4) is 0 Å². The van der Waals surface area contributed by atoms with Crippen LogP contribution < -0.4 is 15.0 Å². The molecule has 0 spiro atoms. The van der Waals surface area contributed by atoms with Crippen LogP contribution >= 0.6 is 0 Å². The average molecular weight is 659 g/mol. The highest BCUT2D eigenvalue weighted by Gasteiger charge is 2.43. The Balaban J connectivity index is 1.56. The maximum absolute atomic E-state index is 6.20. The van der Waals surface area contributed by atoms with Gasteiger partial charge in [0, 0.05) is 59.1 Å². The quantitative estimate of drug-likeness (QED) is 0.0986. The first-order valence-electron chi connectivity index (χ1n) is 17.5. The molecule has 0 N–H and O–H groups in total. The Morgan fingerprint density at radius 3 is 0.812 bits per heavy atom. The molecule has 0 aromatic heterocycles. The van der Waals surface area contributed by atoms with Crippen LogP contribution in [0.15, 0.2) is 121 Å². The van der Waals surface area contributed by atoms with Crippen LogP contribution in [0.2, 0.25) is 0 Å². The predicted octanol–water partition coefficient (Wildman–Crippen LogP) is 10.6. The van der Waals surface area contributed by atoms with Gasteiger partial charge in [0.2, 0.25) is 0 Å². The summed E-state index contributed by atoms with van der Waals surface area (Å²) in [6, 6.07) is 44.0. The van der Waals surface area contributed by atoms with E-state index in [1.165, 1.54) is 16.7 Å². The van der Waals surface area contributed by atoms with E-state index in [-0.39, 0.29) is 0 Å². The maximum atomic E-state index is 6.20. The molecule has 5 rings (SSSR count). The lowest BCUT2D eigenvalue weighted by atomic mass is 10.1. The third kappa shape index (κ3) is 7.91. The van der Waals surface area contributed by atoms with Crippen LogP contribution in [0.5, 0.6) is 0 Å². The van der Waals surface area contributed by atoms with Crippen LogP contribution in [-0.2, 0) is 32.5 Å².